The lowest BCUT2D eigenvalue weighted by Gasteiger charge is -2.19. The average Bonchev–Trinajstić information content (AvgIpc) is 3.25. The maximum absolute atomic E-state index is 12.6. The van der Waals surface area contributed by atoms with Crippen molar-refractivity contribution in [1.82, 2.24) is 9.55 Å². The molecule has 1 aliphatic rings. The largest absolute Gasteiger partial charge is 0.459 e. The summed E-state index contributed by atoms with van der Waals surface area (Å²) in [5.74, 6) is -1.13. The zero-order chi connectivity index (χ0) is 24.1. The number of H-pyrrole nitrogens is 1. The van der Waals surface area contributed by atoms with Gasteiger partial charge in [0, 0.05) is 12.6 Å². The molecule has 0 saturated carbocycles. The van der Waals surface area contributed by atoms with Crippen LogP contribution in [0.4, 0.5) is 0 Å². The van der Waals surface area contributed by atoms with Gasteiger partial charge in [0.1, 0.15) is 25.0 Å². The lowest BCUT2D eigenvalue weighted by atomic mass is 10.1. The Labute approximate surface area is 194 Å². The van der Waals surface area contributed by atoms with Crippen LogP contribution in [0.15, 0.2) is 83.0 Å². The highest BCUT2D eigenvalue weighted by Gasteiger charge is 2.40. The number of hydrogen-bond donors (Lipinski definition) is 1. The van der Waals surface area contributed by atoms with E-state index in [9.17, 15) is 19.2 Å². The van der Waals surface area contributed by atoms with Gasteiger partial charge in [-0.3, -0.25) is 14.3 Å². The second-order valence-electron chi connectivity index (χ2n) is 7.59. The van der Waals surface area contributed by atoms with E-state index in [0.717, 1.165) is 0 Å². The van der Waals surface area contributed by atoms with Crippen molar-refractivity contribution >= 4 is 18.0 Å². The van der Waals surface area contributed by atoms with Crippen LogP contribution in [0, 0.1) is 0 Å². The van der Waals surface area contributed by atoms with Crippen LogP contribution < -0.4 is 11.2 Å². The summed E-state index contributed by atoms with van der Waals surface area (Å²) in [6.45, 7) is 3.36. The van der Waals surface area contributed by atoms with Gasteiger partial charge in [0.05, 0.1) is 16.7 Å². The van der Waals surface area contributed by atoms with Crippen molar-refractivity contribution in [2.45, 2.75) is 24.9 Å². The Morgan fingerprint density at radius 1 is 1.03 bits per heavy atom. The molecule has 3 unspecified atom stereocenters. The Morgan fingerprint density at radius 2 is 1.65 bits per heavy atom. The molecule has 2 heterocycles. The van der Waals surface area contributed by atoms with Crippen LogP contribution in [0.25, 0.3) is 6.08 Å². The topological polar surface area (TPSA) is 117 Å². The Bertz CT molecular complexity index is 1300. The first-order chi connectivity index (χ1) is 16.5. The normalized spacial score (nSPS) is 19.4. The molecule has 9 heteroatoms. The van der Waals surface area contributed by atoms with Crippen molar-refractivity contribution in [3.63, 3.8) is 0 Å². The summed E-state index contributed by atoms with van der Waals surface area (Å²) in [5.41, 5.74) is -0.367. The molecule has 0 bridgehead atoms. The molecule has 0 radical (unpaired) electrons. The Balaban J connectivity index is 1.55. The summed E-state index contributed by atoms with van der Waals surface area (Å²) >= 11 is 0. The summed E-state index contributed by atoms with van der Waals surface area (Å²) in [6, 6.07) is 16.9. The van der Waals surface area contributed by atoms with Gasteiger partial charge in [0.25, 0.3) is 5.56 Å². The standard InChI is InChI=1S/C25H22N2O7/c1-2-16-14-27(25(31)26-22(16)28)21-13-19(34-24(30)18-11-7-4-8-12-18)20(33-21)15-32-23(29)17-9-5-3-6-10-17/h2-12,14,19-21H,1,13,15H2,(H,26,28,31). The molecule has 1 aromatic heterocycles. The number of esters is 2. The van der Waals surface area contributed by atoms with E-state index in [1.807, 2.05) is 0 Å². The second-order valence-corrected chi connectivity index (χ2v) is 7.59. The molecule has 3 atom stereocenters. The molecule has 9 nitrogen and oxygen atoms in total. The third kappa shape index (κ3) is 5.05. The van der Waals surface area contributed by atoms with Crippen molar-refractivity contribution in [2.24, 2.45) is 0 Å². The molecule has 1 saturated heterocycles. The van der Waals surface area contributed by atoms with Gasteiger partial charge in [-0.2, -0.15) is 0 Å². The molecule has 0 spiro atoms. The third-order valence-electron chi connectivity index (χ3n) is 5.36. The molecule has 174 valence electrons. The van der Waals surface area contributed by atoms with Crippen LogP contribution in [0.1, 0.15) is 38.9 Å². The maximum atomic E-state index is 12.6. The molecular weight excluding hydrogens is 440 g/mol. The minimum atomic E-state index is -0.864. The van der Waals surface area contributed by atoms with Gasteiger partial charge in [-0.25, -0.2) is 14.4 Å². The minimum absolute atomic E-state index is 0.106. The van der Waals surface area contributed by atoms with E-state index in [-0.39, 0.29) is 18.6 Å². The summed E-state index contributed by atoms with van der Waals surface area (Å²) < 4.78 is 18.2. The fourth-order valence-corrected chi connectivity index (χ4v) is 3.60. The van der Waals surface area contributed by atoms with Crippen LogP contribution >= 0.6 is 0 Å². The van der Waals surface area contributed by atoms with Crippen molar-refractivity contribution < 1.29 is 23.8 Å². The van der Waals surface area contributed by atoms with E-state index in [1.54, 1.807) is 60.7 Å². The van der Waals surface area contributed by atoms with Crippen LogP contribution in [0.2, 0.25) is 0 Å². The van der Waals surface area contributed by atoms with E-state index in [4.69, 9.17) is 14.2 Å². The highest BCUT2D eigenvalue weighted by Crippen LogP contribution is 2.31. The Morgan fingerprint density at radius 3 is 2.26 bits per heavy atom. The van der Waals surface area contributed by atoms with Crippen LogP contribution in [-0.2, 0) is 14.2 Å². The van der Waals surface area contributed by atoms with E-state index < -0.39 is 41.6 Å². The number of aromatic nitrogens is 2. The molecule has 3 aromatic rings. The van der Waals surface area contributed by atoms with Gasteiger partial charge >= 0.3 is 17.6 Å². The molecule has 2 aromatic carbocycles. The number of carbonyl (C=O) groups excluding carboxylic acids is 2. The minimum Gasteiger partial charge on any atom is -0.459 e. The Kier molecular flexibility index (Phi) is 6.84. The van der Waals surface area contributed by atoms with Gasteiger partial charge < -0.3 is 14.2 Å². The summed E-state index contributed by atoms with van der Waals surface area (Å²) in [7, 11) is 0. The van der Waals surface area contributed by atoms with E-state index in [0.29, 0.717) is 11.1 Å². The predicted molar refractivity (Wildman–Crippen MR) is 122 cm³/mol. The van der Waals surface area contributed by atoms with Crippen LogP contribution in [-0.4, -0.2) is 40.3 Å². The number of carbonyl (C=O) groups is 2. The molecular formula is C25H22N2O7. The molecule has 4 rings (SSSR count). The number of nitrogens with zero attached hydrogens (tertiary/aromatic N) is 1. The van der Waals surface area contributed by atoms with E-state index in [1.165, 1.54) is 16.8 Å². The van der Waals surface area contributed by atoms with Gasteiger partial charge in [-0.05, 0) is 24.3 Å². The van der Waals surface area contributed by atoms with E-state index in [2.05, 4.69) is 11.6 Å². The molecule has 1 aliphatic heterocycles. The summed E-state index contributed by atoms with van der Waals surface area (Å²) in [4.78, 5) is 51.5. The smallest absolute Gasteiger partial charge is 0.338 e. The highest BCUT2D eigenvalue weighted by atomic mass is 16.6. The number of aromatic amines is 1. The van der Waals surface area contributed by atoms with Crippen molar-refractivity contribution in [2.75, 3.05) is 6.61 Å². The fourth-order valence-electron chi connectivity index (χ4n) is 3.60. The van der Waals surface area contributed by atoms with Gasteiger partial charge in [0.2, 0.25) is 0 Å². The Hall–Kier alpha value is -4.24. The highest BCUT2D eigenvalue weighted by molar-refractivity contribution is 5.90. The van der Waals surface area contributed by atoms with Crippen LogP contribution in [0.5, 0.6) is 0 Å². The monoisotopic (exact) mass is 462 g/mol. The number of hydrogen-bond acceptors (Lipinski definition) is 7. The SMILES string of the molecule is C=Cc1cn(C2CC(OC(=O)c3ccccc3)C(COC(=O)c3ccccc3)O2)c(=O)[nH]c1=O. The molecule has 0 amide bonds. The van der Waals surface area contributed by atoms with Crippen molar-refractivity contribution in [1.29, 1.82) is 0 Å². The first-order valence-corrected chi connectivity index (χ1v) is 10.6. The van der Waals surface area contributed by atoms with Gasteiger partial charge in [-0.1, -0.05) is 49.1 Å². The maximum Gasteiger partial charge on any atom is 0.338 e. The predicted octanol–water partition coefficient (Wildman–Crippen LogP) is 2.55. The number of rotatable bonds is 7. The first-order valence-electron chi connectivity index (χ1n) is 10.6. The zero-order valence-corrected chi connectivity index (χ0v) is 18.1. The average molecular weight is 462 g/mol. The summed E-state index contributed by atoms with van der Waals surface area (Å²) in [6.07, 6.45) is 0.234. The molecule has 1 N–H and O–H groups in total. The third-order valence-corrected chi connectivity index (χ3v) is 5.36. The first kappa shape index (κ1) is 22.9. The fraction of sp³-hybridized carbons (Fsp3) is 0.200. The molecule has 0 aliphatic carbocycles. The van der Waals surface area contributed by atoms with Crippen LogP contribution in [0.3, 0.4) is 0 Å². The quantitative estimate of drug-likeness (QED) is 0.536. The van der Waals surface area contributed by atoms with Gasteiger partial charge in [0.15, 0.2) is 0 Å². The molecule has 1 fully saturated rings. The van der Waals surface area contributed by atoms with E-state index >= 15 is 0 Å². The van der Waals surface area contributed by atoms with Gasteiger partial charge in [-0.15, -0.1) is 0 Å². The number of benzene rings is 2. The zero-order valence-electron chi connectivity index (χ0n) is 18.1. The lowest BCUT2D eigenvalue weighted by Crippen LogP contribution is -2.33. The van der Waals surface area contributed by atoms with Crippen molar-refractivity contribution in [3.8, 4) is 0 Å². The number of ether oxygens (including phenoxy) is 3. The lowest BCUT2D eigenvalue weighted by molar-refractivity contribution is -0.0582. The molecule has 34 heavy (non-hydrogen) atoms. The second kappa shape index (κ2) is 10.1. The summed E-state index contributed by atoms with van der Waals surface area (Å²) in [5, 5.41) is 0. The number of nitrogens with one attached hydrogen (secondary N) is 1. The van der Waals surface area contributed by atoms with Crippen molar-refractivity contribution in [3.05, 3.63) is 111 Å².